The van der Waals surface area contributed by atoms with Crippen molar-refractivity contribution < 1.29 is 0 Å². The molecule has 1 aromatic carbocycles. The van der Waals surface area contributed by atoms with Crippen LogP contribution in [-0.4, -0.2) is 9.97 Å². The highest BCUT2D eigenvalue weighted by Gasteiger charge is 2.05. The van der Waals surface area contributed by atoms with Gasteiger partial charge in [0.05, 0.1) is 6.33 Å². The zero-order chi connectivity index (χ0) is 11.5. The average molecular weight is 348 g/mol. The summed E-state index contributed by atoms with van der Waals surface area (Å²) in [5.41, 5.74) is 0.628. The lowest BCUT2D eigenvalue weighted by atomic mass is 10.3. The van der Waals surface area contributed by atoms with Crippen molar-refractivity contribution in [2.75, 3.05) is 5.32 Å². The maximum absolute atomic E-state index is 11.3. The van der Waals surface area contributed by atoms with Crippen molar-refractivity contribution in [1.29, 1.82) is 0 Å². The molecule has 0 saturated heterocycles. The van der Waals surface area contributed by atoms with Gasteiger partial charge in [0.2, 0.25) is 0 Å². The number of hydrogen-bond acceptors (Lipinski definition) is 3. The number of benzene rings is 1. The Morgan fingerprint density at radius 1 is 1.44 bits per heavy atom. The number of nitrogens with zero attached hydrogens (tertiary/aromatic N) is 1. The van der Waals surface area contributed by atoms with Crippen LogP contribution in [0.2, 0.25) is 5.02 Å². The number of aromatic nitrogens is 2. The Bertz CT molecular complexity index is 570. The molecule has 0 aliphatic rings. The zero-order valence-electron chi connectivity index (χ0n) is 8.00. The van der Waals surface area contributed by atoms with Gasteiger partial charge in [-0.3, -0.25) is 4.79 Å². The summed E-state index contributed by atoms with van der Waals surface area (Å²) in [6, 6.07) is 7.22. The molecule has 2 aromatic rings. The minimum absolute atomic E-state index is 0.167. The lowest BCUT2D eigenvalue weighted by Crippen LogP contribution is -2.12. The van der Waals surface area contributed by atoms with Crippen LogP contribution in [0.15, 0.2) is 35.4 Å². The third-order valence-electron chi connectivity index (χ3n) is 1.88. The second-order valence-electron chi connectivity index (χ2n) is 3.03. The van der Waals surface area contributed by atoms with E-state index in [1.807, 2.05) is 34.7 Å². The molecule has 6 heteroatoms. The molecule has 0 spiro atoms. The topological polar surface area (TPSA) is 57.8 Å². The Morgan fingerprint density at radius 2 is 2.25 bits per heavy atom. The van der Waals surface area contributed by atoms with Gasteiger partial charge in [-0.2, -0.15) is 0 Å². The van der Waals surface area contributed by atoms with Crippen LogP contribution in [0.1, 0.15) is 0 Å². The van der Waals surface area contributed by atoms with Crippen LogP contribution in [0.4, 0.5) is 11.5 Å². The van der Waals surface area contributed by atoms with Gasteiger partial charge in [-0.05, 0) is 40.8 Å². The fourth-order valence-corrected chi connectivity index (χ4v) is 1.79. The fraction of sp³-hybridized carbons (Fsp3) is 0. The predicted molar refractivity (Wildman–Crippen MR) is 72.3 cm³/mol. The van der Waals surface area contributed by atoms with Crippen molar-refractivity contribution >= 4 is 45.7 Å². The van der Waals surface area contributed by atoms with Gasteiger partial charge in [-0.15, -0.1) is 0 Å². The Morgan fingerprint density at radius 3 is 3.00 bits per heavy atom. The fourth-order valence-electron chi connectivity index (χ4n) is 1.17. The van der Waals surface area contributed by atoms with Crippen LogP contribution in [0, 0.1) is 3.57 Å². The molecule has 16 heavy (non-hydrogen) atoms. The second-order valence-corrected chi connectivity index (χ2v) is 4.54. The molecule has 0 saturated carbocycles. The summed E-state index contributed by atoms with van der Waals surface area (Å²) < 4.78 is 0.514. The van der Waals surface area contributed by atoms with Crippen LogP contribution in [0.5, 0.6) is 0 Å². The number of halogens is 2. The molecule has 0 bridgehead atoms. The van der Waals surface area contributed by atoms with E-state index in [9.17, 15) is 4.79 Å². The molecule has 0 aliphatic carbocycles. The first-order valence-corrected chi connectivity index (χ1v) is 5.88. The Labute approximate surface area is 110 Å². The Hall–Kier alpha value is -1.08. The molecule has 0 aliphatic heterocycles. The molecule has 1 aromatic heterocycles. The molecule has 0 fully saturated rings. The molecule has 2 rings (SSSR count). The average Bonchev–Trinajstić information content (AvgIpc) is 2.25. The smallest absolute Gasteiger partial charge is 0.266 e. The molecular formula is C10H7ClIN3O. The Kier molecular flexibility index (Phi) is 3.45. The normalized spacial score (nSPS) is 10.1. The molecular weight excluding hydrogens is 340 g/mol. The van der Waals surface area contributed by atoms with E-state index in [4.69, 9.17) is 11.6 Å². The van der Waals surface area contributed by atoms with Gasteiger partial charge < -0.3 is 10.3 Å². The highest BCUT2D eigenvalue weighted by molar-refractivity contribution is 14.1. The van der Waals surface area contributed by atoms with Crippen molar-refractivity contribution in [1.82, 2.24) is 9.97 Å². The zero-order valence-corrected chi connectivity index (χ0v) is 10.9. The third kappa shape index (κ3) is 2.53. The number of hydrogen-bond donors (Lipinski definition) is 2. The summed E-state index contributed by atoms with van der Waals surface area (Å²) in [6.07, 6.45) is 1.36. The van der Waals surface area contributed by atoms with E-state index in [0.29, 0.717) is 14.4 Å². The van der Waals surface area contributed by atoms with Crippen molar-refractivity contribution in [3.05, 3.63) is 49.5 Å². The minimum Gasteiger partial charge on any atom is -0.339 e. The largest absolute Gasteiger partial charge is 0.339 e. The van der Waals surface area contributed by atoms with Crippen LogP contribution in [0.25, 0.3) is 0 Å². The van der Waals surface area contributed by atoms with Gasteiger partial charge in [0, 0.05) is 10.7 Å². The van der Waals surface area contributed by atoms with E-state index in [1.165, 1.54) is 6.33 Å². The standard InChI is InChI=1S/C10H7ClIN3O/c11-6-2-1-3-7(4-6)15-9-8(12)10(16)14-5-13-9/h1-5H,(H2,13,14,15,16). The first-order chi connectivity index (χ1) is 7.66. The summed E-state index contributed by atoms with van der Waals surface area (Å²) in [4.78, 5) is 17.9. The summed E-state index contributed by atoms with van der Waals surface area (Å²) >= 11 is 7.79. The van der Waals surface area contributed by atoms with Gasteiger partial charge >= 0.3 is 0 Å². The number of anilines is 2. The molecule has 0 unspecified atom stereocenters. The van der Waals surface area contributed by atoms with Gasteiger partial charge in [-0.1, -0.05) is 17.7 Å². The van der Waals surface area contributed by atoms with Crippen LogP contribution < -0.4 is 10.9 Å². The summed E-state index contributed by atoms with van der Waals surface area (Å²) in [6.45, 7) is 0. The highest BCUT2D eigenvalue weighted by Crippen LogP contribution is 2.20. The van der Waals surface area contributed by atoms with Crippen LogP contribution >= 0.6 is 34.2 Å². The number of rotatable bonds is 2. The predicted octanol–water partition coefficient (Wildman–Crippen LogP) is 2.77. The summed E-state index contributed by atoms with van der Waals surface area (Å²) in [7, 11) is 0. The van der Waals surface area contributed by atoms with E-state index >= 15 is 0 Å². The summed E-state index contributed by atoms with van der Waals surface area (Å²) in [5, 5.41) is 3.66. The third-order valence-corrected chi connectivity index (χ3v) is 3.12. The van der Waals surface area contributed by atoms with Crippen molar-refractivity contribution in [2.45, 2.75) is 0 Å². The van der Waals surface area contributed by atoms with Gasteiger partial charge in [0.15, 0.2) is 5.82 Å². The molecule has 0 radical (unpaired) electrons. The lowest BCUT2D eigenvalue weighted by molar-refractivity contribution is 1.10. The van der Waals surface area contributed by atoms with E-state index in [2.05, 4.69) is 15.3 Å². The molecule has 2 N–H and O–H groups in total. The van der Waals surface area contributed by atoms with Crippen LogP contribution in [-0.2, 0) is 0 Å². The molecule has 0 atom stereocenters. The number of aromatic amines is 1. The second kappa shape index (κ2) is 4.84. The van der Waals surface area contributed by atoms with E-state index < -0.39 is 0 Å². The van der Waals surface area contributed by atoms with Crippen molar-refractivity contribution in [2.24, 2.45) is 0 Å². The minimum atomic E-state index is -0.167. The van der Waals surface area contributed by atoms with Crippen molar-refractivity contribution in [3.63, 3.8) is 0 Å². The Balaban J connectivity index is 2.34. The number of nitrogens with one attached hydrogen (secondary N) is 2. The monoisotopic (exact) mass is 347 g/mol. The quantitative estimate of drug-likeness (QED) is 0.821. The molecule has 82 valence electrons. The molecule has 0 amide bonds. The molecule has 1 heterocycles. The molecule has 4 nitrogen and oxygen atoms in total. The van der Waals surface area contributed by atoms with Gasteiger partial charge in [0.1, 0.15) is 3.57 Å². The van der Waals surface area contributed by atoms with E-state index in [0.717, 1.165) is 5.69 Å². The lowest BCUT2D eigenvalue weighted by Gasteiger charge is -2.06. The van der Waals surface area contributed by atoms with Gasteiger partial charge in [-0.25, -0.2) is 4.98 Å². The first kappa shape index (κ1) is 11.4. The number of H-pyrrole nitrogens is 1. The SMILES string of the molecule is O=c1[nH]cnc(Nc2cccc(Cl)c2)c1I. The maximum atomic E-state index is 11.3. The first-order valence-electron chi connectivity index (χ1n) is 4.42. The summed E-state index contributed by atoms with van der Waals surface area (Å²) in [5.74, 6) is 0.520. The van der Waals surface area contributed by atoms with Crippen molar-refractivity contribution in [3.8, 4) is 0 Å². The maximum Gasteiger partial charge on any atom is 0.266 e. The van der Waals surface area contributed by atoms with Gasteiger partial charge in [0.25, 0.3) is 5.56 Å². The highest BCUT2D eigenvalue weighted by atomic mass is 127. The van der Waals surface area contributed by atoms with E-state index in [-0.39, 0.29) is 5.56 Å². The van der Waals surface area contributed by atoms with Crippen LogP contribution in [0.3, 0.4) is 0 Å². The van der Waals surface area contributed by atoms with E-state index in [1.54, 1.807) is 12.1 Å².